The number of nitrogens with one attached hydrogen (secondary N) is 2. The van der Waals surface area contributed by atoms with Crippen LogP contribution in [-0.2, 0) is 6.54 Å². The highest BCUT2D eigenvalue weighted by atomic mass is 15.2. The first kappa shape index (κ1) is 20.5. The minimum Gasteiger partial charge on any atom is -0.354 e. The number of nitrogens with zero attached hydrogens (tertiary/aromatic N) is 3. The standard InChI is InChI=1S/C22H29N5/c1-4-27(5-2)21(20-9-7-6-8-10-20)17-26-22(24-3)25-16-19-13-11-18(15-23)12-14-19/h6-14,21H,4-5,16-17H2,1-3H3,(H2,24,25,26). The molecule has 0 radical (unpaired) electrons. The number of benzene rings is 2. The molecule has 5 nitrogen and oxygen atoms in total. The fraction of sp³-hybridized carbons (Fsp3) is 0.364. The average Bonchev–Trinajstić information content (AvgIpc) is 2.74. The molecule has 0 aliphatic carbocycles. The van der Waals surface area contributed by atoms with E-state index >= 15 is 0 Å². The molecule has 0 heterocycles. The van der Waals surface area contributed by atoms with Crippen molar-refractivity contribution in [2.45, 2.75) is 26.4 Å². The number of guanidine groups is 1. The molecule has 2 aromatic carbocycles. The summed E-state index contributed by atoms with van der Waals surface area (Å²) in [6.07, 6.45) is 0. The second-order valence-corrected chi connectivity index (χ2v) is 6.26. The van der Waals surface area contributed by atoms with Crippen LogP contribution in [0.5, 0.6) is 0 Å². The molecule has 1 unspecified atom stereocenters. The Morgan fingerprint density at radius 2 is 1.70 bits per heavy atom. The number of nitriles is 1. The predicted molar refractivity (Wildman–Crippen MR) is 111 cm³/mol. The van der Waals surface area contributed by atoms with Gasteiger partial charge in [0.25, 0.3) is 0 Å². The molecule has 0 saturated heterocycles. The van der Waals surface area contributed by atoms with E-state index in [-0.39, 0.29) is 6.04 Å². The van der Waals surface area contributed by atoms with Crippen molar-refractivity contribution in [1.29, 1.82) is 5.26 Å². The number of likely N-dealkylation sites (N-methyl/N-ethyl adjacent to an activating group) is 1. The Hall–Kier alpha value is -2.84. The van der Waals surface area contributed by atoms with E-state index in [1.807, 2.05) is 30.3 Å². The third-order valence-electron chi connectivity index (χ3n) is 4.67. The first-order valence-corrected chi connectivity index (χ1v) is 9.44. The van der Waals surface area contributed by atoms with Crippen LogP contribution in [0.25, 0.3) is 0 Å². The molecule has 2 rings (SSSR count). The third-order valence-corrected chi connectivity index (χ3v) is 4.67. The van der Waals surface area contributed by atoms with E-state index in [0.29, 0.717) is 12.1 Å². The van der Waals surface area contributed by atoms with Gasteiger partial charge in [0.2, 0.25) is 0 Å². The molecule has 5 heteroatoms. The van der Waals surface area contributed by atoms with Gasteiger partial charge in [0.05, 0.1) is 17.7 Å². The largest absolute Gasteiger partial charge is 0.354 e. The molecule has 27 heavy (non-hydrogen) atoms. The van der Waals surface area contributed by atoms with Gasteiger partial charge in [0.15, 0.2) is 5.96 Å². The molecular formula is C22H29N5. The number of aliphatic imine (C=N–C) groups is 1. The summed E-state index contributed by atoms with van der Waals surface area (Å²) in [5, 5.41) is 15.7. The molecule has 142 valence electrons. The van der Waals surface area contributed by atoms with Gasteiger partial charge in [-0.3, -0.25) is 9.89 Å². The molecule has 0 aliphatic rings. The van der Waals surface area contributed by atoms with Gasteiger partial charge in [-0.2, -0.15) is 5.26 Å². The van der Waals surface area contributed by atoms with Crippen LogP contribution in [0.1, 0.15) is 36.6 Å². The second kappa shape index (κ2) is 11.0. The predicted octanol–water partition coefficient (Wildman–Crippen LogP) is 3.31. The van der Waals surface area contributed by atoms with Crippen LogP contribution in [0.15, 0.2) is 59.6 Å². The quantitative estimate of drug-likeness (QED) is 0.558. The second-order valence-electron chi connectivity index (χ2n) is 6.26. The lowest BCUT2D eigenvalue weighted by Gasteiger charge is -2.30. The fourth-order valence-corrected chi connectivity index (χ4v) is 3.09. The van der Waals surface area contributed by atoms with Gasteiger partial charge in [-0.15, -0.1) is 0 Å². The minimum atomic E-state index is 0.287. The summed E-state index contributed by atoms with van der Waals surface area (Å²) in [4.78, 5) is 6.78. The van der Waals surface area contributed by atoms with Gasteiger partial charge in [-0.1, -0.05) is 56.3 Å². The van der Waals surface area contributed by atoms with Gasteiger partial charge in [0, 0.05) is 20.1 Å². The molecule has 1 atom stereocenters. The van der Waals surface area contributed by atoms with Crippen LogP contribution in [-0.4, -0.2) is 37.5 Å². The van der Waals surface area contributed by atoms with Gasteiger partial charge in [-0.05, 0) is 36.3 Å². The molecular weight excluding hydrogens is 334 g/mol. The Morgan fingerprint density at radius 3 is 2.26 bits per heavy atom. The Balaban J connectivity index is 1.97. The summed E-state index contributed by atoms with van der Waals surface area (Å²) in [6.45, 7) is 7.81. The smallest absolute Gasteiger partial charge is 0.191 e. The number of hydrogen-bond donors (Lipinski definition) is 2. The summed E-state index contributed by atoms with van der Waals surface area (Å²) in [7, 11) is 1.78. The van der Waals surface area contributed by atoms with Crippen LogP contribution in [0.4, 0.5) is 0 Å². The topological polar surface area (TPSA) is 63.4 Å². The summed E-state index contributed by atoms with van der Waals surface area (Å²) < 4.78 is 0. The molecule has 0 amide bonds. The van der Waals surface area contributed by atoms with Crippen LogP contribution >= 0.6 is 0 Å². The average molecular weight is 364 g/mol. The van der Waals surface area contributed by atoms with Crippen molar-refractivity contribution in [3.8, 4) is 6.07 Å². The molecule has 0 spiro atoms. The summed E-state index contributed by atoms with van der Waals surface area (Å²) in [5.74, 6) is 0.771. The zero-order valence-corrected chi connectivity index (χ0v) is 16.4. The van der Waals surface area contributed by atoms with Gasteiger partial charge in [0.1, 0.15) is 0 Å². The summed E-state index contributed by atoms with van der Waals surface area (Å²) in [6, 6.07) is 20.6. The normalized spacial score (nSPS) is 12.5. The van der Waals surface area contributed by atoms with Crippen molar-refractivity contribution in [3.63, 3.8) is 0 Å². The van der Waals surface area contributed by atoms with Crippen molar-refractivity contribution < 1.29 is 0 Å². The van der Waals surface area contributed by atoms with Crippen molar-refractivity contribution in [2.24, 2.45) is 4.99 Å². The number of hydrogen-bond acceptors (Lipinski definition) is 3. The Kier molecular flexibility index (Phi) is 8.34. The van der Waals surface area contributed by atoms with Crippen LogP contribution in [0.2, 0.25) is 0 Å². The Morgan fingerprint density at radius 1 is 1.04 bits per heavy atom. The monoisotopic (exact) mass is 363 g/mol. The highest BCUT2D eigenvalue weighted by molar-refractivity contribution is 5.79. The molecule has 0 fully saturated rings. The van der Waals surface area contributed by atoms with E-state index < -0.39 is 0 Å². The zero-order chi connectivity index (χ0) is 19.5. The lowest BCUT2D eigenvalue weighted by Crippen LogP contribution is -2.43. The van der Waals surface area contributed by atoms with Crippen molar-refractivity contribution in [1.82, 2.24) is 15.5 Å². The maximum Gasteiger partial charge on any atom is 0.191 e. The maximum absolute atomic E-state index is 8.89. The van der Waals surface area contributed by atoms with Crippen LogP contribution < -0.4 is 10.6 Å². The third kappa shape index (κ3) is 6.12. The highest BCUT2D eigenvalue weighted by Gasteiger charge is 2.18. The van der Waals surface area contributed by atoms with Gasteiger partial charge >= 0.3 is 0 Å². The first-order chi connectivity index (χ1) is 13.2. The molecule has 0 bridgehead atoms. The van der Waals surface area contributed by atoms with E-state index in [1.165, 1.54) is 5.56 Å². The number of rotatable bonds is 8. The molecule has 0 aromatic heterocycles. The van der Waals surface area contributed by atoms with E-state index in [9.17, 15) is 0 Å². The zero-order valence-electron chi connectivity index (χ0n) is 16.4. The maximum atomic E-state index is 8.89. The first-order valence-electron chi connectivity index (χ1n) is 9.44. The molecule has 0 aliphatic heterocycles. The SMILES string of the molecule is CCN(CC)C(CNC(=NC)NCc1ccc(C#N)cc1)c1ccccc1. The molecule has 2 N–H and O–H groups in total. The molecule has 2 aromatic rings. The fourth-order valence-electron chi connectivity index (χ4n) is 3.09. The van der Waals surface area contributed by atoms with Gasteiger partial charge in [-0.25, -0.2) is 0 Å². The lowest BCUT2D eigenvalue weighted by molar-refractivity contribution is 0.219. The summed E-state index contributed by atoms with van der Waals surface area (Å²) in [5.41, 5.74) is 3.09. The van der Waals surface area contributed by atoms with E-state index in [1.54, 1.807) is 7.05 Å². The van der Waals surface area contributed by atoms with Gasteiger partial charge < -0.3 is 10.6 Å². The minimum absolute atomic E-state index is 0.287. The van der Waals surface area contributed by atoms with E-state index in [0.717, 1.165) is 31.2 Å². The summed E-state index contributed by atoms with van der Waals surface area (Å²) >= 11 is 0. The van der Waals surface area contributed by atoms with Crippen molar-refractivity contribution in [3.05, 3.63) is 71.3 Å². The van der Waals surface area contributed by atoms with Crippen molar-refractivity contribution >= 4 is 5.96 Å². The van der Waals surface area contributed by atoms with E-state index in [2.05, 4.69) is 64.7 Å². The van der Waals surface area contributed by atoms with Crippen molar-refractivity contribution in [2.75, 3.05) is 26.7 Å². The Bertz CT molecular complexity index is 743. The van der Waals surface area contributed by atoms with Crippen LogP contribution in [0.3, 0.4) is 0 Å². The lowest BCUT2D eigenvalue weighted by atomic mass is 10.1. The highest BCUT2D eigenvalue weighted by Crippen LogP contribution is 2.19. The van der Waals surface area contributed by atoms with Crippen LogP contribution in [0, 0.1) is 11.3 Å². The molecule has 0 saturated carbocycles. The van der Waals surface area contributed by atoms with E-state index in [4.69, 9.17) is 5.26 Å². The Labute approximate surface area is 162 Å².